The van der Waals surface area contributed by atoms with Crippen LogP contribution in [0.3, 0.4) is 0 Å². The molecule has 0 saturated heterocycles. The van der Waals surface area contributed by atoms with Gasteiger partial charge in [-0.25, -0.2) is 0 Å². The van der Waals surface area contributed by atoms with Crippen LogP contribution < -0.4 is 5.23 Å². The lowest BCUT2D eigenvalue weighted by atomic mass is 9.87. The number of hydrogen-bond donors (Lipinski definition) is 2. The average molecular weight is 164 g/mol. The summed E-state index contributed by atoms with van der Waals surface area (Å²) in [5.74, 6) is 0. The number of hydrogen-bond acceptors (Lipinski definition) is 3. The van der Waals surface area contributed by atoms with Gasteiger partial charge in [-0.2, -0.15) is 0 Å². The highest BCUT2D eigenvalue weighted by Crippen LogP contribution is 2.07. The van der Waals surface area contributed by atoms with E-state index in [0.29, 0.717) is 0 Å². The smallest absolute Gasteiger partial charge is 0.374 e. The van der Waals surface area contributed by atoms with Crippen molar-refractivity contribution in [3.8, 4) is 0 Å². The van der Waals surface area contributed by atoms with E-state index in [-0.39, 0.29) is 6.04 Å². The highest BCUT2D eigenvalue weighted by atomic mass is 16.2. The van der Waals surface area contributed by atoms with E-state index in [1.54, 1.807) is 13.0 Å². The van der Waals surface area contributed by atoms with Crippen molar-refractivity contribution in [2.24, 2.45) is 0 Å². The van der Waals surface area contributed by atoms with Crippen LogP contribution >= 0.6 is 0 Å². The molecule has 0 amide bonds. The van der Waals surface area contributed by atoms with Gasteiger partial charge >= 0.3 is 7.05 Å². The van der Waals surface area contributed by atoms with Crippen LogP contribution in [0, 0.1) is 0 Å². The summed E-state index contributed by atoms with van der Waals surface area (Å²) in [7, 11) is -0.498. The van der Waals surface area contributed by atoms with Crippen molar-refractivity contribution < 1.29 is 5.02 Å². The van der Waals surface area contributed by atoms with Gasteiger partial charge in [-0.15, -0.1) is 0 Å². The normalized spacial score (nSPS) is 12.6. The first-order valence-corrected chi connectivity index (χ1v) is 4.05. The number of nitrogens with one attached hydrogen (secondary N) is 1. The predicted octanol–water partition coefficient (Wildman–Crippen LogP) is 0.842. The van der Waals surface area contributed by atoms with Crippen molar-refractivity contribution in [2.45, 2.75) is 19.8 Å². The Balaban J connectivity index is 2.59. The second-order valence-electron chi connectivity index (χ2n) is 2.82. The van der Waals surface area contributed by atoms with Crippen LogP contribution in [0.25, 0.3) is 0 Å². The standard InChI is InChI=1S/C8H13BN2O/c1-7(11-9(2)12)8-5-3-4-6-10-8/h3-7,11-12H,1-2H3/t7-/m0/s1. The third-order valence-corrected chi connectivity index (χ3v) is 1.62. The van der Waals surface area contributed by atoms with Crippen LogP contribution in [-0.2, 0) is 0 Å². The second-order valence-corrected chi connectivity index (χ2v) is 2.82. The van der Waals surface area contributed by atoms with Gasteiger partial charge in [0.1, 0.15) is 0 Å². The number of pyridine rings is 1. The molecule has 1 atom stereocenters. The Labute approximate surface area is 73.0 Å². The molecule has 0 radical (unpaired) electrons. The zero-order valence-corrected chi connectivity index (χ0v) is 7.36. The molecule has 0 aromatic carbocycles. The molecule has 0 saturated carbocycles. The fourth-order valence-corrected chi connectivity index (χ4v) is 1.08. The lowest BCUT2D eigenvalue weighted by molar-refractivity contribution is 0.530. The summed E-state index contributed by atoms with van der Waals surface area (Å²) in [5, 5.41) is 12.0. The summed E-state index contributed by atoms with van der Waals surface area (Å²) in [6.45, 7) is 3.66. The van der Waals surface area contributed by atoms with Crippen LogP contribution in [0.2, 0.25) is 6.82 Å². The molecule has 0 aliphatic rings. The van der Waals surface area contributed by atoms with Gasteiger partial charge in [0.15, 0.2) is 0 Å². The van der Waals surface area contributed by atoms with E-state index in [4.69, 9.17) is 5.02 Å². The van der Waals surface area contributed by atoms with E-state index >= 15 is 0 Å². The summed E-state index contributed by atoms with van der Waals surface area (Å²) in [4.78, 5) is 4.16. The van der Waals surface area contributed by atoms with Crippen molar-refractivity contribution in [1.82, 2.24) is 10.2 Å². The monoisotopic (exact) mass is 164 g/mol. The molecule has 2 N–H and O–H groups in total. The third kappa shape index (κ3) is 2.64. The summed E-state index contributed by atoms with van der Waals surface area (Å²) in [5.41, 5.74) is 0.943. The summed E-state index contributed by atoms with van der Waals surface area (Å²) < 4.78 is 0. The maximum atomic E-state index is 9.05. The Kier molecular flexibility index (Phi) is 3.25. The molecular formula is C8H13BN2O. The SMILES string of the molecule is CB(O)N[C@@H](C)c1ccccn1. The van der Waals surface area contributed by atoms with Crippen LogP contribution in [-0.4, -0.2) is 17.1 Å². The van der Waals surface area contributed by atoms with Gasteiger partial charge in [-0.3, -0.25) is 4.98 Å². The van der Waals surface area contributed by atoms with Crippen molar-refractivity contribution in [3.63, 3.8) is 0 Å². The quantitative estimate of drug-likeness (QED) is 0.650. The molecule has 0 aliphatic heterocycles. The molecule has 0 unspecified atom stereocenters. The fraction of sp³-hybridized carbons (Fsp3) is 0.375. The third-order valence-electron chi connectivity index (χ3n) is 1.62. The fourth-order valence-electron chi connectivity index (χ4n) is 1.08. The van der Waals surface area contributed by atoms with Crippen LogP contribution in [0.4, 0.5) is 0 Å². The average Bonchev–Trinajstić information content (AvgIpc) is 2.05. The largest absolute Gasteiger partial charge is 0.437 e. The van der Waals surface area contributed by atoms with E-state index in [2.05, 4.69) is 10.2 Å². The summed E-state index contributed by atoms with van der Waals surface area (Å²) >= 11 is 0. The molecule has 4 heteroatoms. The maximum Gasteiger partial charge on any atom is 0.374 e. The lowest BCUT2D eigenvalue weighted by Gasteiger charge is -2.12. The maximum absolute atomic E-state index is 9.05. The van der Waals surface area contributed by atoms with Gasteiger partial charge in [0.25, 0.3) is 0 Å². The molecule has 64 valence electrons. The Morgan fingerprint density at radius 2 is 2.33 bits per heavy atom. The lowest BCUT2D eigenvalue weighted by Crippen LogP contribution is -2.33. The number of rotatable bonds is 3. The van der Waals surface area contributed by atoms with Crippen molar-refractivity contribution in [1.29, 1.82) is 0 Å². The first kappa shape index (κ1) is 9.22. The molecule has 0 fully saturated rings. The zero-order valence-electron chi connectivity index (χ0n) is 7.36. The first-order chi connectivity index (χ1) is 5.70. The Morgan fingerprint density at radius 1 is 1.58 bits per heavy atom. The van der Waals surface area contributed by atoms with Crippen LogP contribution in [0.1, 0.15) is 18.7 Å². The van der Waals surface area contributed by atoms with Crippen molar-refractivity contribution >= 4 is 7.05 Å². The highest BCUT2D eigenvalue weighted by molar-refractivity contribution is 6.45. The van der Waals surface area contributed by atoms with Crippen LogP contribution in [0.5, 0.6) is 0 Å². The van der Waals surface area contributed by atoms with Crippen LogP contribution in [0.15, 0.2) is 24.4 Å². The highest BCUT2D eigenvalue weighted by Gasteiger charge is 2.10. The Morgan fingerprint density at radius 3 is 2.83 bits per heavy atom. The molecule has 1 rings (SSSR count). The minimum atomic E-state index is -0.498. The molecule has 0 aliphatic carbocycles. The van der Waals surface area contributed by atoms with Gasteiger partial charge in [-0.05, 0) is 25.9 Å². The van der Waals surface area contributed by atoms with E-state index in [1.165, 1.54) is 0 Å². The Bertz CT molecular complexity index is 228. The molecule has 1 aromatic heterocycles. The molecule has 1 heterocycles. The second kappa shape index (κ2) is 4.23. The minimum Gasteiger partial charge on any atom is -0.437 e. The van der Waals surface area contributed by atoms with Crippen molar-refractivity contribution in [3.05, 3.63) is 30.1 Å². The van der Waals surface area contributed by atoms with Crippen molar-refractivity contribution in [2.75, 3.05) is 0 Å². The van der Waals surface area contributed by atoms with Gasteiger partial charge in [-0.1, -0.05) is 6.07 Å². The van der Waals surface area contributed by atoms with Gasteiger partial charge in [0, 0.05) is 12.2 Å². The number of nitrogens with zero attached hydrogens (tertiary/aromatic N) is 1. The topological polar surface area (TPSA) is 45.1 Å². The van der Waals surface area contributed by atoms with Gasteiger partial charge in [0.05, 0.1) is 5.69 Å². The minimum absolute atomic E-state index is 0.0891. The first-order valence-electron chi connectivity index (χ1n) is 4.05. The number of aromatic nitrogens is 1. The van der Waals surface area contributed by atoms with E-state index in [9.17, 15) is 0 Å². The van der Waals surface area contributed by atoms with Gasteiger partial charge < -0.3 is 10.3 Å². The zero-order chi connectivity index (χ0) is 8.97. The molecule has 3 nitrogen and oxygen atoms in total. The van der Waals surface area contributed by atoms with Gasteiger partial charge in [0.2, 0.25) is 0 Å². The van der Waals surface area contributed by atoms with E-state index in [0.717, 1.165) is 5.69 Å². The molecule has 0 bridgehead atoms. The predicted molar refractivity (Wildman–Crippen MR) is 49.6 cm³/mol. The summed E-state index contributed by atoms with van der Waals surface area (Å²) in [6.07, 6.45) is 1.75. The molecule has 0 spiro atoms. The van der Waals surface area contributed by atoms with E-state index in [1.807, 2.05) is 25.1 Å². The van der Waals surface area contributed by atoms with E-state index < -0.39 is 7.05 Å². The molecule has 1 aromatic rings. The molecule has 12 heavy (non-hydrogen) atoms. The molecular weight excluding hydrogens is 151 g/mol. The Hall–Kier alpha value is -0.865. The summed E-state index contributed by atoms with van der Waals surface area (Å²) in [6, 6.07) is 5.83.